The standard InChI is InChI=1S/C29H26F3N5OS/c1-17-15-24(18(2)36(17)23-8-6-7-20(16-23)29(30,31)32)27-26(25-9-4-5-14-33-25)35-28(39)37(27)22-12-10-21(11-13-22)34-19(3)38/h4-16,26-27H,1-3H3,(H,34,38)(H,35,39)/t26-,27-/m0/s1. The number of rotatable bonds is 5. The first-order valence-electron chi connectivity index (χ1n) is 12.3. The Balaban J connectivity index is 1.63. The molecule has 5 rings (SSSR count). The first-order chi connectivity index (χ1) is 18.5. The number of carbonyl (C=O) groups is 1. The van der Waals surface area contributed by atoms with Crippen molar-refractivity contribution in [3.05, 3.63) is 107 Å². The molecule has 2 atom stereocenters. The molecule has 0 bridgehead atoms. The van der Waals surface area contributed by atoms with Crippen LogP contribution in [0.4, 0.5) is 24.5 Å². The molecule has 0 aliphatic carbocycles. The number of amides is 1. The second kappa shape index (κ2) is 10.2. The van der Waals surface area contributed by atoms with Crippen molar-refractivity contribution < 1.29 is 18.0 Å². The van der Waals surface area contributed by atoms with Gasteiger partial charge in [-0.2, -0.15) is 13.2 Å². The number of benzene rings is 2. The molecule has 0 saturated carbocycles. The first-order valence-corrected chi connectivity index (χ1v) is 12.7. The predicted octanol–water partition coefficient (Wildman–Crippen LogP) is 6.64. The van der Waals surface area contributed by atoms with Gasteiger partial charge in [0.05, 0.1) is 23.3 Å². The summed E-state index contributed by atoms with van der Waals surface area (Å²) < 4.78 is 42.3. The highest BCUT2D eigenvalue weighted by Crippen LogP contribution is 2.44. The third-order valence-corrected chi connectivity index (χ3v) is 7.10. The second-order valence-electron chi connectivity index (χ2n) is 9.43. The fraction of sp³-hybridized carbons (Fsp3) is 0.207. The average molecular weight is 550 g/mol. The molecule has 1 aliphatic rings. The fourth-order valence-corrected chi connectivity index (χ4v) is 5.51. The smallest absolute Gasteiger partial charge is 0.351 e. The quantitative estimate of drug-likeness (QED) is 0.273. The van der Waals surface area contributed by atoms with Crippen LogP contribution in [0.25, 0.3) is 5.69 Å². The van der Waals surface area contributed by atoms with Gasteiger partial charge in [0.1, 0.15) is 0 Å². The number of thiocarbonyl (C=S) groups is 1. The van der Waals surface area contributed by atoms with Crippen LogP contribution in [-0.4, -0.2) is 20.6 Å². The van der Waals surface area contributed by atoms with Gasteiger partial charge in [0.25, 0.3) is 0 Å². The van der Waals surface area contributed by atoms with Crippen LogP contribution in [-0.2, 0) is 11.0 Å². The summed E-state index contributed by atoms with van der Waals surface area (Å²) in [6.07, 6.45) is -2.73. The molecule has 0 spiro atoms. The van der Waals surface area contributed by atoms with E-state index in [0.29, 0.717) is 16.5 Å². The Morgan fingerprint density at radius 1 is 1.00 bits per heavy atom. The van der Waals surface area contributed by atoms with Crippen molar-refractivity contribution in [1.82, 2.24) is 14.9 Å². The van der Waals surface area contributed by atoms with Gasteiger partial charge in [-0.3, -0.25) is 9.78 Å². The number of nitrogens with zero attached hydrogens (tertiary/aromatic N) is 3. The molecular weight excluding hydrogens is 523 g/mol. The third-order valence-electron chi connectivity index (χ3n) is 6.78. The number of halogens is 3. The average Bonchev–Trinajstić information content (AvgIpc) is 3.39. The summed E-state index contributed by atoms with van der Waals surface area (Å²) >= 11 is 5.80. The van der Waals surface area contributed by atoms with E-state index in [1.54, 1.807) is 24.4 Å². The molecule has 2 aromatic heterocycles. The minimum atomic E-state index is -4.44. The Bertz CT molecular complexity index is 1530. The third kappa shape index (κ3) is 5.12. The maximum atomic E-state index is 13.5. The monoisotopic (exact) mass is 549 g/mol. The van der Waals surface area contributed by atoms with Gasteiger partial charge < -0.3 is 20.1 Å². The topological polar surface area (TPSA) is 62.2 Å². The normalized spacial score (nSPS) is 17.3. The number of aryl methyl sites for hydroxylation is 1. The Kier molecular flexibility index (Phi) is 6.90. The molecule has 3 heterocycles. The molecule has 10 heteroatoms. The van der Waals surface area contributed by atoms with Crippen LogP contribution in [0.15, 0.2) is 79.0 Å². The predicted molar refractivity (Wildman–Crippen MR) is 149 cm³/mol. The second-order valence-corrected chi connectivity index (χ2v) is 9.82. The van der Waals surface area contributed by atoms with E-state index in [1.807, 2.05) is 59.7 Å². The van der Waals surface area contributed by atoms with E-state index >= 15 is 0 Å². The number of anilines is 2. The molecular formula is C29H26F3N5OS. The van der Waals surface area contributed by atoms with Crippen LogP contribution in [0.2, 0.25) is 0 Å². The fourth-order valence-electron chi connectivity index (χ4n) is 5.16. The number of hydrogen-bond acceptors (Lipinski definition) is 3. The maximum absolute atomic E-state index is 13.5. The highest BCUT2D eigenvalue weighted by molar-refractivity contribution is 7.80. The minimum absolute atomic E-state index is 0.170. The van der Waals surface area contributed by atoms with Crippen molar-refractivity contribution in [3.8, 4) is 5.69 Å². The van der Waals surface area contributed by atoms with Crippen molar-refractivity contribution >= 4 is 34.6 Å². The molecule has 0 unspecified atom stereocenters. The molecule has 1 aliphatic heterocycles. The van der Waals surface area contributed by atoms with Crippen molar-refractivity contribution in [2.45, 2.75) is 39.0 Å². The van der Waals surface area contributed by atoms with Gasteiger partial charge >= 0.3 is 6.18 Å². The summed E-state index contributed by atoms with van der Waals surface area (Å²) in [5, 5.41) is 6.66. The molecule has 2 N–H and O–H groups in total. The Labute approximate surface area is 229 Å². The van der Waals surface area contributed by atoms with Gasteiger partial charge in [0.2, 0.25) is 5.91 Å². The Morgan fingerprint density at radius 3 is 2.38 bits per heavy atom. The molecule has 4 aromatic rings. The zero-order valence-corrected chi connectivity index (χ0v) is 22.3. The molecule has 1 saturated heterocycles. The van der Waals surface area contributed by atoms with Gasteiger partial charge in [-0.1, -0.05) is 12.1 Å². The molecule has 6 nitrogen and oxygen atoms in total. The van der Waals surface area contributed by atoms with Crippen molar-refractivity contribution in [1.29, 1.82) is 0 Å². The van der Waals surface area contributed by atoms with Crippen LogP contribution in [0.1, 0.15) is 47.2 Å². The molecule has 1 fully saturated rings. The number of pyridine rings is 1. The SMILES string of the molecule is CC(=O)Nc1ccc(N2C(=S)N[C@@H](c3ccccn3)[C@@H]2c2cc(C)n(-c3cccc(C(F)(F)F)c3)c2C)cc1. The van der Waals surface area contributed by atoms with Gasteiger partial charge in [-0.15, -0.1) is 0 Å². The van der Waals surface area contributed by atoms with Gasteiger partial charge in [0.15, 0.2) is 5.11 Å². The van der Waals surface area contributed by atoms with Crippen molar-refractivity contribution in [2.24, 2.45) is 0 Å². The van der Waals surface area contributed by atoms with Crippen molar-refractivity contribution in [3.63, 3.8) is 0 Å². The van der Waals surface area contributed by atoms with Gasteiger partial charge in [-0.25, -0.2) is 0 Å². The van der Waals surface area contributed by atoms with E-state index in [1.165, 1.54) is 13.0 Å². The van der Waals surface area contributed by atoms with Crippen LogP contribution < -0.4 is 15.5 Å². The lowest BCUT2D eigenvalue weighted by atomic mass is 9.96. The Hall–Kier alpha value is -4.18. The number of nitrogens with one attached hydrogen (secondary N) is 2. The first kappa shape index (κ1) is 26.4. The van der Waals surface area contributed by atoms with Crippen LogP contribution >= 0.6 is 12.2 Å². The van der Waals surface area contributed by atoms with Crippen LogP contribution in [0.3, 0.4) is 0 Å². The molecule has 2 aromatic carbocycles. The highest BCUT2D eigenvalue weighted by Gasteiger charge is 2.42. The van der Waals surface area contributed by atoms with Gasteiger partial charge in [0, 0.05) is 41.6 Å². The van der Waals surface area contributed by atoms with E-state index < -0.39 is 11.7 Å². The summed E-state index contributed by atoms with van der Waals surface area (Å²) in [6, 6.07) is 19.7. The highest BCUT2D eigenvalue weighted by atomic mass is 32.1. The molecule has 200 valence electrons. The molecule has 1 amide bonds. The van der Waals surface area contributed by atoms with E-state index in [2.05, 4.69) is 15.6 Å². The number of carbonyl (C=O) groups excluding carboxylic acids is 1. The van der Waals surface area contributed by atoms with Gasteiger partial charge in [-0.05, 0) is 92.3 Å². The molecule has 39 heavy (non-hydrogen) atoms. The molecule has 0 radical (unpaired) electrons. The van der Waals surface area contributed by atoms with E-state index in [9.17, 15) is 18.0 Å². The minimum Gasteiger partial charge on any atom is -0.351 e. The van der Waals surface area contributed by atoms with Crippen molar-refractivity contribution in [2.75, 3.05) is 10.2 Å². The number of alkyl halides is 3. The number of aromatic nitrogens is 2. The summed E-state index contributed by atoms with van der Waals surface area (Å²) in [5.41, 5.74) is 4.46. The lowest BCUT2D eigenvalue weighted by Gasteiger charge is -2.28. The van der Waals surface area contributed by atoms with E-state index in [0.717, 1.165) is 40.5 Å². The van der Waals surface area contributed by atoms with E-state index in [4.69, 9.17) is 12.2 Å². The maximum Gasteiger partial charge on any atom is 0.416 e. The largest absolute Gasteiger partial charge is 0.416 e. The summed E-state index contributed by atoms with van der Waals surface area (Å²) in [6.45, 7) is 5.22. The lowest BCUT2D eigenvalue weighted by Crippen LogP contribution is -2.29. The Morgan fingerprint density at radius 2 is 1.74 bits per heavy atom. The van der Waals surface area contributed by atoms with E-state index in [-0.39, 0.29) is 18.0 Å². The number of hydrogen-bond donors (Lipinski definition) is 2. The van der Waals surface area contributed by atoms with Crippen LogP contribution in [0, 0.1) is 13.8 Å². The summed E-state index contributed by atoms with van der Waals surface area (Å²) in [5.74, 6) is -0.170. The lowest BCUT2D eigenvalue weighted by molar-refractivity contribution is -0.137. The zero-order chi connectivity index (χ0) is 27.9. The summed E-state index contributed by atoms with van der Waals surface area (Å²) in [4.78, 5) is 18.0. The zero-order valence-electron chi connectivity index (χ0n) is 21.5. The summed E-state index contributed by atoms with van der Waals surface area (Å²) in [7, 11) is 0. The van der Waals surface area contributed by atoms with Crippen LogP contribution in [0.5, 0.6) is 0 Å².